The van der Waals surface area contributed by atoms with Gasteiger partial charge in [-0.2, -0.15) is 0 Å². The zero-order chi connectivity index (χ0) is 22.3. The molecular formula is C28H36O3. The number of benzene rings is 2. The first-order valence-corrected chi connectivity index (χ1v) is 11.2. The third-order valence-corrected chi connectivity index (χ3v) is 5.78. The SMILES string of the molecule is CC(=O)C1=C(CC(C)(C)C)CC(COCc2ccccc2)(COCc2ccccc2)C1. The van der Waals surface area contributed by atoms with Gasteiger partial charge in [-0.1, -0.05) is 87.0 Å². The van der Waals surface area contributed by atoms with Gasteiger partial charge >= 0.3 is 0 Å². The zero-order valence-electron chi connectivity index (χ0n) is 19.4. The van der Waals surface area contributed by atoms with Crippen molar-refractivity contribution < 1.29 is 14.3 Å². The van der Waals surface area contributed by atoms with E-state index in [1.54, 1.807) is 6.92 Å². The lowest BCUT2D eigenvalue weighted by Crippen LogP contribution is -2.31. The van der Waals surface area contributed by atoms with Gasteiger partial charge in [0, 0.05) is 5.41 Å². The van der Waals surface area contributed by atoms with Crippen LogP contribution in [0.3, 0.4) is 0 Å². The van der Waals surface area contributed by atoms with Crippen molar-refractivity contribution in [3.05, 3.63) is 82.9 Å². The molecule has 166 valence electrons. The van der Waals surface area contributed by atoms with E-state index in [0.29, 0.717) is 26.4 Å². The van der Waals surface area contributed by atoms with Crippen LogP contribution in [0.5, 0.6) is 0 Å². The first-order chi connectivity index (χ1) is 14.8. The Morgan fingerprint density at radius 1 is 0.839 bits per heavy atom. The topological polar surface area (TPSA) is 35.5 Å². The van der Waals surface area contributed by atoms with Crippen LogP contribution in [0.2, 0.25) is 0 Å². The molecule has 0 saturated heterocycles. The highest BCUT2D eigenvalue weighted by atomic mass is 16.5. The molecule has 0 amide bonds. The normalized spacial score (nSPS) is 16.0. The van der Waals surface area contributed by atoms with Gasteiger partial charge in [0.05, 0.1) is 26.4 Å². The quantitative estimate of drug-likeness (QED) is 0.439. The Labute approximate surface area is 187 Å². The number of rotatable bonds is 10. The Morgan fingerprint density at radius 2 is 1.32 bits per heavy atom. The maximum atomic E-state index is 12.5. The Bertz CT molecular complexity index is 830. The summed E-state index contributed by atoms with van der Waals surface area (Å²) in [5, 5.41) is 0. The fraction of sp³-hybridized carbons (Fsp3) is 0.464. The summed E-state index contributed by atoms with van der Waals surface area (Å²) in [6.07, 6.45) is 2.53. The minimum Gasteiger partial charge on any atom is -0.376 e. The number of Topliss-reactive ketones (excluding diaryl/α,β-unsaturated/α-hetero) is 1. The predicted octanol–water partition coefficient (Wildman–Crippen LogP) is 6.52. The Balaban J connectivity index is 1.71. The molecule has 0 saturated carbocycles. The smallest absolute Gasteiger partial charge is 0.155 e. The second kappa shape index (κ2) is 10.4. The van der Waals surface area contributed by atoms with Crippen LogP contribution in [-0.4, -0.2) is 19.0 Å². The van der Waals surface area contributed by atoms with E-state index >= 15 is 0 Å². The first kappa shape index (κ1) is 23.4. The first-order valence-electron chi connectivity index (χ1n) is 11.2. The van der Waals surface area contributed by atoms with Gasteiger partial charge in [-0.05, 0) is 48.3 Å². The molecule has 0 heterocycles. The average molecular weight is 421 g/mol. The van der Waals surface area contributed by atoms with Gasteiger partial charge in [-0.3, -0.25) is 4.79 Å². The summed E-state index contributed by atoms with van der Waals surface area (Å²) in [6.45, 7) is 10.7. The van der Waals surface area contributed by atoms with Crippen LogP contribution in [0.15, 0.2) is 71.8 Å². The standard InChI is InChI=1S/C28H36O3/c1-22(29)26-17-28(16-25(26)15-27(2,3)4,20-30-18-23-11-7-5-8-12-23)21-31-19-24-13-9-6-10-14-24/h5-14H,15-21H2,1-4H3. The molecule has 3 rings (SSSR count). The van der Waals surface area contributed by atoms with Crippen molar-refractivity contribution in [1.82, 2.24) is 0 Å². The van der Waals surface area contributed by atoms with E-state index in [1.165, 1.54) is 5.57 Å². The van der Waals surface area contributed by atoms with Gasteiger partial charge in [-0.25, -0.2) is 0 Å². The number of allylic oxidation sites excluding steroid dienone is 2. The maximum Gasteiger partial charge on any atom is 0.155 e. The van der Waals surface area contributed by atoms with Crippen LogP contribution in [-0.2, 0) is 27.5 Å². The highest BCUT2D eigenvalue weighted by molar-refractivity contribution is 5.94. The van der Waals surface area contributed by atoms with E-state index in [4.69, 9.17) is 9.47 Å². The van der Waals surface area contributed by atoms with E-state index in [9.17, 15) is 4.79 Å². The molecule has 1 aliphatic carbocycles. The van der Waals surface area contributed by atoms with Gasteiger partial charge in [0.2, 0.25) is 0 Å². The van der Waals surface area contributed by atoms with Gasteiger partial charge in [0.25, 0.3) is 0 Å². The summed E-state index contributed by atoms with van der Waals surface area (Å²) in [5.74, 6) is 0.187. The minimum atomic E-state index is -0.189. The van der Waals surface area contributed by atoms with Crippen molar-refractivity contribution in [2.24, 2.45) is 10.8 Å². The number of carbonyl (C=O) groups excluding carboxylic acids is 1. The second-order valence-electron chi connectivity index (χ2n) is 10.2. The number of hydrogen-bond donors (Lipinski definition) is 0. The molecule has 2 aromatic rings. The van der Waals surface area contributed by atoms with Crippen LogP contribution in [0.25, 0.3) is 0 Å². The number of carbonyl (C=O) groups is 1. The molecule has 0 atom stereocenters. The fourth-order valence-corrected chi connectivity index (χ4v) is 4.47. The van der Waals surface area contributed by atoms with Gasteiger partial charge in [-0.15, -0.1) is 0 Å². The van der Waals surface area contributed by atoms with Crippen LogP contribution in [0, 0.1) is 10.8 Å². The molecule has 0 bridgehead atoms. The van der Waals surface area contributed by atoms with Gasteiger partial charge < -0.3 is 9.47 Å². The number of hydrogen-bond acceptors (Lipinski definition) is 3. The predicted molar refractivity (Wildman–Crippen MR) is 126 cm³/mol. The molecule has 3 nitrogen and oxygen atoms in total. The molecule has 0 aliphatic heterocycles. The van der Waals surface area contributed by atoms with Crippen molar-refractivity contribution in [3.63, 3.8) is 0 Å². The molecule has 0 spiro atoms. The van der Waals surface area contributed by atoms with E-state index in [-0.39, 0.29) is 16.6 Å². The van der Waals surface area contributed by atoms with Crippen LogP contribution < -0.4 is 0 Å². The lowest BCUT2D eigenvalue weighted by atomic mass is 9.82. The second-order valence-corrected chi connectivity index (χ2v) is 10.2. The van der Waals surface area contributed by atoms with E-state index in [1.807, 2.05) is 36.4 Å². The minimum absolute atomic E-state index is 0.141. The molecule has 31 heavy (non-hydrogen) atoms. The summed E-state index contributed by atoms with van der Waals surface area (Å²) in [5.41, 5.74) is 4.55. The third kappa shape index (κ3) is 7.15. The molecule has 0 N–H and O–H groups in total. The highest BCUT2D eigenvalue weighted by Gasteiger charge is 2.41. The van der Waals surface area contributed by atoms with Crippen molar-refractivity contribution in [1.29, 1.82) is 0 Å². The molecule has 2 aromatic carbocycles. The van der Waals surface area contributed by atoms with Crippen molar-refractivity contribution >= 4 is 5.78 Å². The summed E-state index contributed by atoms with van der Waals surface area (Å²) in [7, 11) is 0. The largest absolute Gasteiger partial charge is 0.376 e. The molecule has 1 aliphatic rings. The lowest BCUT2D eigenvalue weighted by molar-refractivity contribution is -0.114. The van der Waals surface area contributed by atoms with Crippen molar-refractivity contribution in [3.8, 4) is 0 Å². The summed E-state index contributed by atoms with van der Waals surface area (Å²) < 4.78 is 12.4. The molecule has 0 fully saturated rings. The monoisotopic (exact) mass is 420 g/mol. The van der Waals surface area contributed by atoms with Crippen LogP contribution in [0.4, 0.5) is 0 Å². The van der Waals surface area contributed by atoms with E-state index in [2.05, 4.69) is 45.0 Å². The number of ether oxygens (including phenoxy) is 2. The highest BCUT2D eigenvalue weighted by Crippen LogP contribution is 2.47. The van der Waals surface area contributed by atoms with E-state index < -0.39 is 0 Å². The maximum absolute atomic E-state index is 12.5. The molecule has 0 radical (unpaired) electrons. The van der Waals surface area contributed by atoms with Gasteiger partial charge in [0.1, 0.15) is 0 Å². The summed E-state index contributed by atoms with van der Waals surface area (Å²) in [6, 6.07) is 20.5. The molecule has 0 aromatic heterocycles. The van der Waals surface area contributed by atoms with Gasteiger partial charge in [0.15, 0.2) is 5.78 Å². The Kier molecular flexibility index (Phi) is 7.85. The Hall–Kier alpha value is -2.23. The van der Waals surface area contributed by atoms with Crippen LogP contribution in [0.1, 0.15) is 58.1 Å². The third-order valence-electron chi connectivity index (χ3n) is 5.78. The fourth-order valence-electron chi connectivity index (χ4n) is 4.47. The Morgan fingerprint density at radius 3 is 1.74 bits per heavy atom. The lowest BCUT2D eigenvalue weighted by Gasteiger charge is -2.30. The van der Waals surface area contributed by atoms with E-state index in [0.717, 1.165) is 36.0 Å². The zero-order valence-corrected chi connectivity index (χ0v) is 19.4. The number of ketones is 1. The molecule has 0 unspecified atom stereocenters. The summed E-state index contributed by atoms with van der Waals surface area (Å²) in [4.78, 5) is 12.5. The van der Waals surface area contributed by atoms with Crippen molar-refractivity contribution in [2.45, 2.75) is 60.2 Å². The van der Waals surface area contributed by atoms with Crippen molar-refractivity contribution in [2.75, 3.05) is 13.2 Å². The molecular weight excluding hydrogens is 384 g/mol. The average Bonchev–Trinajstić information content (AvgIpc) is 3.06. The summed E-state index contributed by atoms with van der Waals surface area (Å²) >= 11 is 0. The van der Waals surface area contributed by atoms with Crippen LogP contribution >= 0.6 is 0 Å². The molecule has 3 heteroatoms.